The molecule has 1 aromatic carbocycles. The Morgan fingerprint density at radius 2 is 2.14 bits per heavy atom. The maximum atomic E-state index is 5.52. The van der Waals surface area contributed by atoms with Crippen LogP contribution in [0, 0.1) is 0 Å². The minimum atomic E-state index is 0.468. The largest absolute Gasteiger partial charge is 0.492 e. The summed E-state index contributed by atoms with van der Waals surface area (Å²) in [5.41, 5.74) is 1.99. The maximum Gasteiger partial charge on any atom is 0.120 e. The van der Waals surface area contributed by atoms with Gasteiger partial charge in [-0.05, 0) is 5.56 Å². The van der Waals surface area contributed by atoms with Gasteiger partial charge in [-0.1, -0.05) is 43.5 Å². The Balaban J connectivity index is 2.83. The summed E-state index contributed by atoms with van der Waals surface area (Å²) in [4.78, 5) is 0. The van der Waals surface area contributed by atoms with Crippen molar-refractivity contribution in [3.63, 3.8) is 0 Å². The summed E-state index contributed by atoms with van der Waals surface area (Å²) in [6, 6.07) is 7.82. The first-order chi connectivity index (χ1) is 6.79. The van der Waals surface area contributed by atoms with Crippen molar-refractivity contribution in [3.8, 4) is 0 Å². The van der Waals surface area contributed by atoms with E-state index in [1.807, 2.05) is 24.3 Å². The molecule has 1 rings (SSSR count). The van der Waals surface area contributed by atoms with Crippen LogP contribution < -0.4 is 0 Å². The lowest BCUT2D eigenvalue weighted by Crippen LogP contribution is -1.96. The zero-order valence-electron chi connectivity index (χ0n) is 8.00. The smallest absolute Gasteiger partial charge is 0.120 e. The first-order valence-corrected chi connectivity index (χ1v) is 4.92. The van der Waals surface area contributed by atoms with E-state index < -0.39 is 0 Å². The van der Waals surface area contributed by atoms with Gasteiger partial charge in [-0.25, -0.2) is 0 Å². The van der Waals surface area contributed by atoms with Crippen LogP contribution in [0.5, 0.6) is 0 Å². The average molecular weight is 209 g/mol. The molecule has 0 heterocycles. The van der Waals surface area contributed by atoms with Gasteiger partial charge in [0, 0.05) is 5.56 Å². The fourth-order valence-electron chi connectivity index (χ4n) is 1.17. The van der Waals surface area contributed by atoms with E-state index in [9.17, 15) is 0 Å². The second-order valence-electron chi connectivity index (χ2n) is 2.75. The van der Waals surface area contributed by atoms with E-state index in [0.29, 0.717) is 18.2 Å². The summed E-state index contributed by atoms with van der Waals surface area (Å²) in [5, 5.41) is 0. The summed E-state index contributed by atoms with van der Waals surface area (Å²) >= 11 is 5.52. The van der Waals surface area contributed by atoms with Crippen LogP contribution in [0.2, 0.25) is 0 Å². The van der Waals surface area contributed by atoms with Crippen LogP contribution in [0.15, 0.2) is 37.4 Å². The second kappa shape index (κ2) is 5.51. The Morgan fingerprint density at radius 3 is 2.79 bits per heavy atom. The molecule has 0 aliphatic carbocycles. The van der Waals surface area contributed by atoms with Crippen LogP contribution in [0.25, 0.3) is 11.8 Å². The summed E-state index contributed by atoms with van der Waals surface area (Å²) < 4.78 is 5.35. The molecule has 0 saturated heterocycles. The van der Waals surface area contributed by atoms with Crippen LogP contribution in [-0.2, 0) is 4.74 Å². The predicted octanol–water partition coefficient (Wildman–Crippen LogP) is 3.56. The monoisotopic (exact) mass is 208 g/mol. The van der Waals surface area contributed by atoms with Gasteiger partial charge in [0.05, 0.1) is 5.88 Å². The Kier molecular flexibility index (Phi) is 4.27. The maximum absolute atomic E-state index is 5.52. The van der Waals surface area contributed by atoms with Crippen LogP contribution in [0.4, 0.5) is 0 Å². The first-order valence-electron chi connectivity index (χ1n) is 4.39. The number of hydrogen-bond donors (Lipinski definition) is 0. The Labute approximate surface area is 89.7 Å². The minimum absolute atomic E-state index is 0.468. The van der Waals surface area contributed by atoms with E-state index in [0.717, 1.165) is 11.1 Å². The summed E-state index contributed by atoms with van der Waals surface area (Å²) in [6.07, 6.45) is 1.78. The predicted molar refractivity (Wildman–Crippen MR) is 62.2 cm³/mol. The van der Waals surface area contributed by atoms with Crippen molar-refractivity contribution in [2.24, 2.45) is 0 Å². The van der Waals surface area contributed by atoms with Crippen molar-refractivity contribution < 1.29 is 4.74 Å². The highest BCUT2D eigenvalue weighted by Gasteiger charge is 2.03. The molecule has 0 unspecified atom stereocenters. The van der Waals surface area contributed by atoms with Gasteiger partial charge < -0.3 is 4.74 Å². The van der Waals surface area contributed by atoms with E-state index in [-0.39, 0.29) is 0 Å². The van der Waals surface area contributed by atoms with Crippen LogP contribution in [-0.4, -0.2) is 12.5 Å². The van der Waals surface area contributed by atoms with Gasteiger partial charge in [0.2, 0.25) is 0 Å². The van der Waals surface area contributed by atoms with Gasteiger partial charge in [-0.2, -0.15) is 0 Å². The van der Waals surface area contributed by atoms with Crippen molar-refractivity contribution in [2.75, 3.05) is 12.5 Å². The molecule has 0 N–H and O–H groups in total. The lowest BCUT2D eigenvalue weighted by atomic mass is 10.1. The third-order valence-corrected chi connectivity index (χ3v) is 1.99. The normalized spacial score (nSPS) is 9.50. The highest BCUT2D eigenvalue weighted by Crippen LogP contribution is 2.19. The highest BCUT2D eigenvalue weighted by molar-refractivity contribution is 6.18. The molecule has 0 aliphatic rings. The van der Waals surface area contributed by atoms with Gasteiger partial charge >= 0.3 is 0 Å². The second-order valence-corrected chi connectivity index (χ2v) is 3.13. The van der Waals surface area contributed by atoms with E-state index in [1.54, 1.807) is 6.08 Å². The first kappa shape index (κ1) is 10.9. The molecule has 0 radical (unpaired) electrons. The lowest BCUT2D eigenvalue weighted by molar-refractivity contribution is 0.301. The number of alkyl halides is 1. The quantitative estimate of drug-likeness (QED) is 0.531. The van der Waals surface area contributed by atoms with Gasteiger partial charge in [0.1, 0.15) is 12.4 Å². The fraction of sp³-hybridized carbons (Fsp3) is 0.167. The Morgan fingerprint density at radius 1 is 1.43 bits per heavy atom. The molecule has 0 fully saturated rings. The standard InChI is InChI=1S/C12H13ClO/c1-3-11-6-4-5-7-12(11)10(2)14-9-8-13/h3-7H,1-2,8-9H2. The van der Waals surface area contributed by atoms with Crippen molar-refractivity contribution in [1.29, 1.82) is 0 Å². The molecule has 0 aromatic heterocycles. The van der Waals surface area contributed by atoms with E-state index in [1.165, 1.54) is 0 Å². The van der Waals surface area contributed by atoms with Crippen molar-refractivity contribution in [1.82, 2.24) is 0 Å². The zero-order chi connectivity index (χ0) is 10.4. The van der Waals surface area contributed by atoms with Gasteiger partial charge in [0.15, 0.2) is 0 Å². The molecule has 0 bridgehead atoms. The molecule has 74 valence electrons. The molecule has 1 aromatic rings. The molecular formula is C12H13ClO. The van der Waals surface area contributed by atoms with Crippen LogP contribution in [0.3, 0.4) is 0 Å². The fourth-order valence-corrected chi connectivity index (χ4v) is 1.25. The van der Waals surface area contributed by atoms with Gasteiger partial charge in [-0.3, -0.25) is 0 Å². The molecule has 0 atom stereocenters. The Bertz CT molecular complexity index is 331. The molecule has 0 aliphatic heterocycles. The number of benzene rings is 1. The molecule has 14 heavy (non-hydrogen) atoms. The van der Waals surface area contributed by atoms with E-state index >= 15 is 0 Å². The van der Waals surface area contributed by atoms with Gasteiger partial charge in [0.25, 0.3) is 0 Å². The van der Waals surface area contributed by atoms with Crippen molar-refractivity contribution >= 4 is 23.4 Å². The zero-order valence-corrected chi connectivity index (χ0v) is 8.76. The number of ether oxygens (including phenoxy) is 1. The molecular weight excluding hydrogens is 196 g/mol. The Hall–Kier alpha value is -1.21. The number of rotatable bonds is 5. The third-order valence-electron chi connectivity index (χ3n) is 1.83. The van der Waals surface area contributed by atoms with Gasteiger partial charge in [-0.15, -0.1) is 11.6 Å². The summed E-state index contributed by atoms with van der Waals surface area (Å²) in [6.45, 7) is 8.05. The number of halogens is 1. The van der Waals surface area contributed by atoms with Crippen molar-refractivity contribution in [2.45, 2.75) is 0 Å². The SMILES string of the molecule is C=Cc1ccccc1C(=C)OCCCl. The summed E-state index contributed by atoms with van der Waals surface area (Å²) in [7, 11) is 0. The molecule has 1 nitrogen and oxygen atoms in total. The number of hydrogen-bond acceptors (Lipinski definition) is 1. The topological polar surface area (TPSA) is 9.23 Å². The molecule has 0 spiro atoms. The van der Waals surface area contributed by atoms with Crippen LogP contribution in [0.1, 0.15) is 11.1 Å². The minimum Gasteiger partial charge on any atom is -0.492 e. The average Bonchev–Trinajstić information content (AvgIpc) is 2.25. The molecule has 0 saturated carbocycles. The molecule has 0 amide bonds. The highest BCUT2D eigenvalue weighted by atomic mass is 35.5. The molecule has 2 heteroatoms. The third kappa shape index (κ3) is 2.64. The lowest BCUT2D eigenvalue weighted by Gasteiger charge is -2.10. The summed E-state index contributed by atoms with van der Waals surface area (Å²) in [5.74, 6) is 1.11. The van der Waals surface area contributed by atoms with E-state index in [2.05, 4.69) is 13.2 Å². The van der Waals surface area contributed by atoms with Crippen LogP contribution >= 0.6 is 11.6 Å². The van der Waals surface area contributed by atoms with E-state index in [4.69, 9.17) is 16.3 Å². The van der Waals surface area contributed by atoms with Crippen molar-refractivity contribution in [3.05, 3.63) is 48.6 Å².